The highest BCUT2D eigenvalue weighted by Gasteiger charge is 2.11. The lowest BCUT2D eigenvalue weighted by Crippen LogP contribution is -3.08. The summed E-state index contributed by atoms with van der Waals surface area (Å²) in [6.07, 6.45) is 0. The summed E-state index contributed by atoms with van der Waals surface area (Å²) < 4.78 is 0. The van der Waals surface area contributed by atoms with E-state index in [-0.39, 0.29) is 5.91 Å². The molecular weight excluding hydrogens is 298 g/mol. The second kappa shape index (κ2) is 7.60. The largest absolute Gasteiger partial charge is 0.326 e. The SMILES string of the molecule is C[NH+](CC(=O)Nc1ccc(C#N)cc1)Cc1cccc(Cl)c1. The van der Waals surface area contributed by atoms with Crippen LogP contribution in [0, 0.1) is 11.3 Å². The van der Waals surface area contributed by atoms with E-state index in [1.54, 1.807) is 24.3 Å². The molecule has 2 N–H and O–H groups in total. The van der Waals surface area contributed by atoms with E-state index in [4.69, 9.17) is 16.9 Å². The topological polar surface area (TPSA) is 57.3 Å². The van der Waals surface area contributed by atoms with E-state index in [1.165, 1.54) is 0 Å². The molecule has 1 amide bonds. The number of nitrogens with one attached hydrogen (secondary N) is 2. The third kappa shape index (κ3) is 4.88. The number of carbonyl (C=O) groups excluding carboxylic acids is 1. The molecule has 0 aliphatic rings. The molecular formula is C17H17ClN3O+. The third-order valence-electron chi connectivity index (χ3n) is 3.16. The molecule has 0 heterocycles. The van der Waals surface area contributed by atoms with Crippen LogP contribution in [0.15, 0.2) is 48.5 Å². The summed E-state index contributed by atoms with van der Waals surface area (Å²) in [5, 5.41) is 12.3. The summed E-state index contributed by atoms with van der Waals surface area (Å²) in [6.45, 7) is 1.08. The second-order valence-electron chi connectivity index (χ2n) is 5.18. The van der Waals surface area contributed by atoms with Crippen LogP contribution in [0.4, 0.5) is 5.69 Å². The predicted octanol–water partition coefficient (Wildman–Crippen LogP) is 1.87. The van der Waals surface area contributed by atoms with Gasteiger partial charge in [0.25, 0.3) is 5.91 Å². The molecule has 2 rings (SSSR count). The van der Waals surface area contributed by atoms with E-state index in [1.807, 2.05) is 37.4 Å². The lowest BCUT2D eigenvalue weighted by molar-refractivity contribution is -0.885. The Hall–Kier alpha value is -2.35. The first kappa shape index (κ1) is 16.0. The Morgan fingerprint density at radius 2 is 2.00 bits per heavy atom. The van der Waals surface area contributed by atoms with Crippen molar-refractivity contribution in [1.29, 1.82) is 5.26 Å². The number of hydrogen-bond donors (Lipinski definition) is 2. The maximum Gasteiger partial charge on any atom is 0.279 e. The van der Waals surface area contributed by atoms with Gasteiger partial charge < -0.3 is 10.2 Å². The van der Waals surface area contributed by atoms with Crippen molar-refractivity contribution in [2.24, 2.45) is 0 Å². The average molecular weight is 315 g/mol. The first-order valence-electron chi connectivity index (χ1n) is 6.92. The minimum Gasteiger partial charge on any atom is -0.326 e. The van der Waals surface area contributed by atoms with Gasteiger partial charge in [-0.25, -0.2) is 0 Å². The lowest BCUT2D eigenvalue weighted by Gasteiger charge is -2.14. The summed E-state index contributed by atoms with van der Waals surface area (Å²) in [6, 6.07) is 16.5. The molecule has 5 heteroatoms. The minimum absolute atomic E-state index is 0.0655. The second-order valence-corrected chi connectivity index (χ2v) is 5.61. The van der Waals surface area contributed by atoms with Gasteiger partial charge in [-0.15, -0.1) is 0 Å². The van der Waals surface area contributed by atoms with Gasteiger partial charge in [-0.2, -0.15) is 5.26 Å². The Kier molecular flexibility index (Phi) is 5.54. The summed E-state index contributed by atoms with van der Waals surface area (Å²) in [7, 11) is 1.96. The average Bonchev–Trinajstić information content (AvgIpc) is 2.47. The van der Waals surface area contributed by atoms with Crippen molar-refractivity contribution in [3.05, 3.63) is 64.7 Å². The van der Waals surface area contributed by atoms with Crippen LogP contribution in [0.2, 0.25) is 5.02 Å². The Morgan fingerprint density at radius 3 is 2.64 bits per heavy atom. The van der Waals surface area contributed by atoms with Gasteiger partial charge in [-0.1, -0.05) is 23.7 Å². The van der Waals surface area contributed by atoms with Crippen LogP contribution >= 0.6 is 11.6 Å². The van der Waals surface area contributed by atoms with Crippen molar-refractivity contribution in [3.63, 3.8) is 0 Å². The molecule has 0 spiro atoms. The van der Waals surface area contributed by atoms with Gasteiger partial charge in [0.1, 0.15) is 6.54 Å². The molecule has 112 valence electrons. The molecule has 0 saturated heterocycles. The summed E-state index contributed by atoms with van der Waals surface area (Å²) in [4.78, 5) is 13.1. The van der Waals surface area contributed by atoms with E-state index in [0.717, 1.165) is 17.0 Å². The highest BCUT2D eigenvalue weighted by molar-refractivity contribution is 6.30. The number of benzene rings is 2. The molecule has 4 nitrogen and oxygen atoms in total. The smallest absolute Gasteiger partial charge is 0.279 e. The van der Waals surface area contributed by atoms with Crippen molar-refractivity contribution >= 4 is 23.2 Å². The van der Waals surface area contributed by atoms with E-state index in [9.17, 15) is 4.79 Å². The predicted molar refractivity (Wildman–Crippen MR) is 86.7 cm³/mol. The van der Waals surface area contributed by atoms with E-state index in [0.29, 0.717) is 22.8 Å². The van der Waals surface area contributed by atoms with Gasteiger partial charge in [-0.05, 0) is 36.4 Å². The van der Waals surface area contributed by atoms with Crippen molar-refractivity contribution in [1.82, 2.24) is 0 Å². The van der Waals surface area contributed by atoms with Gasteiger partial charge in [0.2, 0.25) is 0 Å². The van der Waals surface area contributed by atoms with Crippen LogP contribution in [0.25, 0.3) is 0 Å². The maximum absolute atomic E-state index is 12.0. The molecule has 2 aromatic rings. The number of likely N-dealkylation sites (N-methyl/N-ethyl adjacent to an activating group) is 1. The zero-order valence-electron chi connectivity index (χ0n) is 12.3. The van der Waals surface area contributed by atoms with E-state index < -0.39 is 0 Å². The summed E-state index contributed by atoms with van der Waals surface area (Å²) >= 11 is 5.95. The summed E-state index contributed by atoms with van der Waals surface area (Å²) in [5.74, 6) is -0.0655. The van der Waals surface area contributed by atoms with Crippen LogP contribution in [-0.4, -0.2) is 19.5 Å². The number of carbonyl (C=O) groups is 1. The lowest BCUT2D eigenvalue weighted by atomic mass is 10.2. The minimum atomic E-state index is -0.0655. The third-order valence-corrected chi connectivity index (χ3v) is 3.39. The zero-order valence-corrected chi connectivity index (χ0v) is 13.0. The number of amides is 1. The van der Waals surface area contributed by atoms with Gasteiger partial charge in [0, 0.05) is 16.3 Å². The highest BCUT2D eigenvalue weighted by atomic mass is 35.5. The first-order valence-corrected chi connectivity index (χ1v) is 7.30. The van der Waals surface area contributed by atoms with Crippen LogP contribution in [-0.2, 0) is 11.3 Å². The van der Waals surface area contributed by atoms with Crippen molar-refractivity contribution < 1.29 is 9.69 Å². The molecule has 2 aromatic carbocycles. The van der Waals surface area contributed by atoms with Crippen LogP contribution in [0.5, 0.6) is 0 Å². The zero-order chi connectivity index (χ0) is 15.9. The van der Waals surface area contributed by atoms with Gasteiger partial charge in [0.05, 0.1) is 18.7 Å². The number of hydrogen-bond acceptors (Lipinski definition) is 2. The summed E-state index contributed by atoms with van der Waals surface area (Å²) in [5.41, 5.74) is 2.36. The molecule has 0 saturated carbocycles. The van der Waals surface area contributed by atoms with Gasteiger partial charge in [-0.3, -0.25) is 4.79 Å². The van der Waals surface area contributed by atoms with Crippen molar-refractivity contribution in [2.45, 2.75) is 6.54 Å². The fraction of sp³-hybridized carbons (Fsp3) is 0.176. The Balaban J connectivity index is 1.87. The molecule has 0 aromatic heterocycles. The Bertz CT molecular complexity index is 692. The quantitative estimate of drug-likeness (QED) is 0.885. The Morgan fingerprint density at radius 1 is 1.27 bits per heavy atom. The van der Waals surface area contributed by atoms with Crippen LogP contribution in [0.1, 0.15) is 11.1 Å². The number of anilines is 1. The molecule has 0 fully saturated rings. The van der Waals surface area contributed by atoms with Gasteiger partial charge in [0.15, 0.2) is 6.54 Å². The van der Waals surface area contributed by atoms with Crippen LogP contribution in [0.3, 0.4) is 0 Å². The normalized spacial score (nSPS) is 11.5. The molecule has 0 aliphatic heterocycles. The van der Waals surface area contributed by atoms with Gasteiger partial charge >= 0.3 is 0 Å². The molecule has 22 heavy (non-hydrogen) atoms. The fourth-order valence-corrected chi connectivity index (χ4v) is 2.38. The number of rotatable bonds is 5. The van der Waals surface area contributed by atoms with E-state index in [2.05, 4.69) is 5.32 Å². The van der Waals surface area contributed by atoms with Crippen molar-refractivity contribution in [2.75, 3.05) is 18.9 Å². The fourth-order valence-electron chi connectivity index (χ4n) is 2.17. The monoisotopic (exact) mass is 314 g/mol. The van der Waals surface area contributed by atoms with E-state index >= 15 is 0 Å². The molecule has 0 radical (unpaired) electrons. The van der Waals surface area contributed by atoms with Crippen molar-refractivity contribution in [3.8, 4) is 6.07 Å². The number of nitrogens with zero attached hydrogens (tertiary/aromatic N) is 1. The molecule has 0 aliphatic carbocycles. The first-order chi connectivity index (χ1) is 10.6. The molecule has 1 unspecified atom stereocenters. The Labute approximate surface area is 134 Å². The maximum atomic E-state index is 12.0. The molecule has 1 atom stereocenters. The highest BCUT2D eigenvalue weighted by Crippen LogP contribution is 2.10. The number of nitriles is 1. The number of quaternary nitrogens is 1. The number of halogens is 1. The molecule has 0 bridgehead atoms. The standard InChI is InChI=1S/C17H16ClN3O/c1-21(11-14-3-2-4-15(18)9-14)12-17(22)20-16-7-5-13(10-19)6-8-16/h2-9H,11-12H2,1H3,(H,20,22)/p+1. The van der Waals surface area contributed by atoms with Crippen LogP contribution < -0.4 is 10.2 Å².